The smallest absolute Gasteiger partial charge is 0.255 e. The van der Waals surface area contributed by atoms with Crippen molar-refractivity contribution >= 4 is 17.5 Å². The summed E-state index contributed by atoms with van der Waals surface area (Å²) in [6.45, 7) is 8.43. The minimum atomic E-state index is -0.493. The van der Waals surface area contributed by atoms with Gasteiger partial charge in [0.25, 0.3) is 5.91 Å². The van der Waals surface area contributed by atoms with Crippen molar-refractivity contribution in [1.29, 1.82) is 0 Å². The number of benzene rings is 3. The van der Waals surface area contributed by atoms with E-state index < -0.39 is 6.04 Å². The number of aromatic nitrogens is 4. The van der Waals surface area contributed by atoms with E-state index in [1.54, 1.807) is 4.68 Å². The van der Waals surface area contributed by atoms with Crippen LogP contribution >= 0.6 is 0 Å². The zero-order valence-corrected chi connectivity index (χ0v) is 20.7. The molecule has 36 heavy (non-hydrogen) atoms. The van der Waals surface area contributed by atoms with E-state index in [-0.39, 0.29) is 5.91 Å². The maximum atomic E-state index is 13.6. The Kier molecular flexibility index (Phi) is 6.25. The first-order valence-electron chi connectivity index (χ1n) is 11.8. The van der Waals surface area contributed by atoms with E-state index in [1.807, 2.05) is 75.4 Å². The molecule has 0 fully saturated rings. The number of aryl methyl sites for hydroxylation is 2. The van der Waals surface area contributed by atoms with Gasteiger partial charge in [0.15, 0.2) is 0 Å². The minimum absolute atomic E-state index is 0.209. The van der Waals surface area contributed by atoms with Crippen LogP contribution in [0.25, 0.3) is 0 Å². The third-order valence-electron chi connectivity index (χ3n) is 6.50. The third kappa shape index (κ3) is 4.57. The Morgan fingerprint density at radius 3 is 2.58 bits per heavy atom. The Morgan fingerprint density at radius 1 is 1.03 bits per heavy atom. The average molecular weight is 481 g/mol. The Balaban J connectivity index is 1.42. The second-order valence-corrected chi connectivity index (χ2v) is 9.06. The molecule has 1 amide bonds. The second kappa shape index (κ2) is 9.65. The zero-order chi connectivity index (χ0) is 25.2. The molecule has 3 aromatic carbocycles. The third-order valence-corrected chi connectivity index (χ3v) is 6.50. The number of carbonyl (C=O) groups is 1. The van der Waals surface area contributed by atoms with Crippen molar-refractivity contribution < 1.29 is 9.53 Å². The van der Waals surface area contributed by atoms with Gasteiger partial charge in [0.2, 0.25) is 5.95 Å². The normalized spacial score (nSPS) is 14.7. The molecule has 8 heteroatoms. The van der Waals surface area contributed by atoms with Gasteiger partial charge in [-0.2, -0.15) is 4.68 Å². The number of hydrogen-bond acceptors (Lipinski definition) is 6. The summed E-state index contributed by atoms with van der Waals surface area (Å²) in [7, 11) is 0. The van der Waals surface area contributed by atoms with Crippen LogP contribution in [0.2, 0.25) is 0 Å². The maximum absolute atomic E-state index is 13.6. The number of hydrogen-bond donors (Lipinski definition) is 2. The highest BCUT2D eigenvalue weighted by Crippen LogP contribution is 2.36. The van der Waals surface area contributed by atoms with Gasteiger partial charge in [0.05, 0.1) is 5.57 Å². The number of anilines is 2. The minimum Gasteiger partial charge on any atom is -0.489 e. The van der Waals surface area contributed by atoms with Gasteiger partial charge in [-0.05, 0) is 78.6 Å². The van der Waals surface area contributed by atoms with E-state index in [1.165, 1.54) is 5.56 Å². The predicted octanol–water partition coefficient (Wildman–Crippen LogP) is 5.10. The van der Waals surface area contributed by atoms with Crippen molar-refractivity contribution in [1.82, 2.24) is 20.2 Å². The summed E-state index contributed by atoms with van der Waals surface area (Å²) in [5, 5.41) is 18.3. The molecule has 4 aromatic rings. The van der Waals surface area contributed by atoms with Gasteiger partial charge < -0.3 is 15.4 Å². The fourth-order valence-electron chi connectivity index (χ4n) is 4.41. The zero-order valence-electron chi connectivity index (χ0n) is 20.7. The van der Waals surface area contributed by atoms with Gasteiger partial charge in [-0.3, -0.25) is 4.79 Å². The van der Waals surface area contributed by atoms with E-state index >= 15 is 0 Å². The maximum Gasteiger partial charge on any atom is 0.255 e. The lowest BCUT2D eigenvalue weighted by Gasteiger charge is -2.28. The molecule has 1 aromatic heterocycles. The number of ether oxygens (including phenoxy) is 1. The topological polar surface area (TPSA) is 94.0 Å². The fraction of sp³-hybridized carbons (Fsp3) is 0.214. The Labute approximate surface area is 210 Å². The average Bonchev–Trinajstić information content (AvgIpc) is 3.33. The number of amides is 1. The van der Waals surface area contributed by atoms with Crippen LogP contribution in [0.3, 0.4) is 0 Å². The molecule has 1 aliphatic rings. The molecule has 1 unspecified atom stereocenters. The number of carbonyl (C=O) groups excluding carboxylic acids is 1. The number of nitrogens with one attached hydrogen (secondary N) is 2. The summed E-state index contributed by atoms with van der Waals surface area (Å²) in [4.78, 5) is 13.6. The standard InChI is InChI=1S/C28H28N6O2/c1-17-7-5-9-21(15-17)16-36-23-13-11-22(12-14-23)26-25(20(4)29-28-31-32-33-34(26)28)27(35)30-24-10-6-8-18(2)19(24)3/h5-15,26H,16H2,1-4H3,(H,30,35)(H,29,31,33). The molecule has 8 nitrogen and oxygen atoms in total. The van der Waals surface area contributed by atoms with Crippen LogP contribution in [0.4, 0.5) is 11.6 Å². The molecular formula is C28H28N6O2. The molecule has 5 rings (SSSR count). The van der Waals surface area contributed by atoms with E-state index in [2.05, 4.69) is 45.2 Å². The molecule has 0 aliphatic carbocycles. The first-order chi connectivity index (χ1) is 17.4. The lowest BCUT2D eigenvalue weighted by molar-refractivity contribution is -0.113. The van der Waals surface area contributed by atoms with Crippen molar-refractivity contribution in [2.24, 2.45) is 0 Å². The summed E-state index contributed by atoms with van der Waals surface area (Å²) >= 11 is 0. The van der Waals surface area contributed by atoms with Gasteiger partial charge >= 0.3 is 0 Å². The largest absolute Gasteiger partial charge is 0.489 e. The molecule has 182 valence electrons. The van der Waals surface area contributed by atoms with Gasteiger partial charge in [-0.1, -0.05) is 59.2 Å². The summed E-state index contributed by atoms with van der Waals surface area (Å²) in [6, 6.07) is 21.3. The van der Waals surface area contributed by atoms with E-state index in [9.17, 15) is 4.79 Å². The summed E-state index contributed by atoms with van der Waals surface area (Å²) in [6.07, 6.45) is 0. The van der Waals surface area contributed by atoms with Crippen LogP contribution in [0.15, 0.2) is 78.0 Å². The first-order valence-corrected chi connectivity index (χ1v) is 11.8. The van der Waals surface area contributed by atoms with Gasteiger partial charge in [-0.15, -0.1) is 0 Å². The first kappa shape index (κ1) is 23.3. The number of allylic oxidation sites excluding steroid dienone is 1. The lowest BCUT2D eigenvalue weighted by atomic mass is 9.94. The molecule has 0 radical (unpaired) electrons. The SMILES string of the molecule is CC1=C(C(=O)Nc2cccc(C)c2C)C(c2ccc(OCc3cccc(C)c3)cc2)n2nnnc2N1. The lowest BCUT2D eigenvalue weighted by Crippen LogP contribution is -2.31. The summed E-state index contributed by atoms with van der Waals surface area (Å²) in [5.74, 6) is 1.02. The van der Waals surface area contributed by atoms with Crippen LogP contribution in [-0.4, -0.2) is 26.1 Å². The highest BCUT2D eigenvalue weighted by atomic mass is 16.5. The molecular weight excluding hydrogens is 452 g/mol. The highest BCUT2D eigenvalue weighted by Gasteiger charge is 2.34. The molecule has 1 aliphatic heterocycles. The molecule has 2 N–H and O–H groups in total. The molecule has 0 saturated heterocycles. The van der Waals surface area contributed by atoms with Crippen molar-refractivity contribution in [3.63, 3.8) is 0 Å². The molecule has 0 saturated carbocycles. The fourth-order valence-corrected chi connectivity index (χ4v) is 4.41. The number of fused-ring (bicyclic) bond motifs is 1. The van der Waals surface area contributed by atoms with Crippen LogP contribution in [0, 0.1) is 20.8 Å². The van der Waals surface area contributed by atoms with Crippen molar-refractivity contribution in [2.45, 2.75) is 40.3 Å². The number of tetrazole rings is 1. The van der Waals surface area contributed by atoms with E-state index in [4.69, 9.17) is 4.74 Å². The monoisotopic (exact) mass is 480 g/mol. The summed E-state index contributed by atoms with van der Waals surface area (Å²) in [5.41, 5.74) is 7.35. The Hall–Kier alpha value is -4.46. The van der Waals surface area contributed by atoms with Crippen LogP contribution in [0.5, 0.6) is 5.75 Å². The molecule has 0 spiro atoms. The van der Waals surface area contributed by atoms with Gasteiger partial charge in [0, 0.05) is 11.4 Å². The predicted molar refractivity (Wildman–Crippen MR) is 139 cm³/mol. The van der Waals surface area contributed by atoms with E-state index in [0.717, 1.165) is 33.7 Å². The molecule has 0 bridgehead atoms. The van der Waals surface area contributed by atoms with Crippen LogP contribution < -0.4 is 15.4 Å². The highest BCUT2D eigenvalue weighted by molar-refractivity contribution is 6.06. The Morgan fingerprint density at radius 2 is 1.81 bits per heavy atom. The quantitative estimate of drug-likeness (QED) is 0.399. The second-order valence-electron chi connectivity index (χ2n) is 9.06. The van der Waals surface area contributed by atoms with Gasteiger partial charge in [0.1, 0.15) is 18.4 Å². The van der Waals surface area contributed by atoms with Crippen LogP contribution in [-0.2, 0) is 11.4 Å². The van der Waals surface area contributed by atoms with E-state index in [0.29, 0.717) is 23.8 Å². The number of nitrogens with zero attached hydrogens (tertiary/aromatic N) is 4. The number of rotatable bonds is 6. The van der Waals surface area contributed by atoms with Gasteiger partial charge in [-0.25, -0.2) is 0 Å². The van der Waals surface area contributed by atoms with Crippen molar-refractivity contribution in [3.8, 4) is 5.75 Å². The Bertz CT molecular complexity index is 1460. The van der Waals surface area contributed by atoms with Crippen LogP contribution in [0.1, 0.15) is 40.8 Å². The summed E-state index contributed by atoms with van der Waals surface area (Å²) < 4.78 is 7.62. The molecule has 1 atom stereocenters. The van der Waals surface area contributed by atoms with Crippen molar-refractivity contribution in [3.05, 3.63) is 106 Å². The molecule has 2 heterocycles. The van der Waals surface area contributed by atoms with Crippen molar-refractivity contribution in [2.75, 3.05) is 10.6 Å².